The fourth-order valence-electron chi connectivity index (χ4n) is 3.36. The van der Waals surface area contributed by atoms with Crippen molar-refractivity contribution in [3.05, 3.63) is 82.2 Å². The molecule has 0 aliphatic heterocycles. The highest BCUT2D eigenvalue weighted by molar-refractivity contribution is 6.95. The van der Waals surface area contributed by atoms with E-state index in [1.807, 2.05) is 0 Å². The largest absolute Gasteiger partial charge is 0.491 e. The van der Waals surface area contributed by atoms with E-state index < -0.39 is 73.9 Å². The molecular formula is C21H14AlF7O. The Bertz CT molecular complexity index is 1090. The molecule has 0 unspecified atom stereocenters. The lowest BCUT2D eigenvalue weighted by molar-refractivity contribution is 0.358. The predicted molar refractivity (Wildman–Crippen MR) is 99.7 cm³/mol. The van der Waals surface area contributed by atoms with Crippen LogP contribution < -0.4 is 18.0 Å². The highest BCUT2D eigenvalue weighted by atomic mass is 27.2. The lowest BCUT2D eigenvalue weighted by atomic mass is 10.2. The summed E-state index contributed by atoms with van der Waals surface area (Å²) in [5, 5.41) is 0. The third-order valence-corrected chi connectivity index (χ3v) is 8.19. The topological polar surface area (TPSA) is 9.23 Å². The van der Waals surface area contributed by atoms with Crippen LogP contribution in [0.1, 0.15) is 11.1 Å². The quantitative estimate of drug-likeness (QED) is 0.441. The maximum absolute atomic E-state index is 15.1. The second-order valence-electron chi connectivity index (χ2n) is 6.72. The highest BCUT2D eigenvalue weighted by Gasteiger charge is 2.41. The van der Waals surface area contributed by atoms with Gasteiger partial charge in [-0.3, -0.25) is 0 Å². The van der Waals surface area contributed by atoms with Crippen LogP contribution in [0, 0.1) is 54.6 Å². The van der Waals surface area contributed by atoms with Crippen molar-refractivity contribution < 1.29 is 35.5 Å². The van der Waals surface area contributed by atoms with Crippen LogP contribution in [0.4, 0.5) is 30.7 Å². The molecule has 0 fully saturated rings. The van der Waals surface area contributed by atoms with E-state index in [1.54, 1.807) is 0 Å². The maximum Gasteiger partial charge on any atom is 0.412 e. The number of hydrogen-bond donors (Lipinski definition) is 0. The van der Waals surface area contributed by atoms with E-state index in [9.17, 15) is 26.3 Å². The van der Waals surface area contributed by atoms with Gasteiger partial charge < -0.3 is 4.74 Å². The highest BCUT2D eigenvalue weighted by Crippen LogP contribution is 2.23. The minimum Gasteiger partial charge on any atom is -0.491 e. The Morgan fingerprint density at radius 1 is 0.600 bits per heavy atom. The fraction of sp³-hybridized carbons (Fsp3) is 0.143. The van der Waals surface area contributed by atoms with Gasteiger partial charge in [-0.05, 0) is 50.4 Å². The molecule has 0 aliphatic carbocycles. The minimum absolute atomic E-state index is 0.0905. The number of aryl methyl sites for hydroxylation is 2. The van der Waals surface area contributed by atoms with E-state index in [-0.39, 0.29) is 17.2 Å². The van der Waals surface area contributed by atoms with Crippen molar-refractivity contribution >= 4 is 27.4 Å². The van der Waals surface area contributed by atoms with Crippen molar-refractivity contribution in [2.45, 2.75) is 13.8 Å². The van der Waals surface area contributed by atoms with Gasteiger partial charge in [-0.2, -0.15) is 0 Å². The molecule has 0 bridgehead atoms. The van der Waals surface area contributed by atoms with Crippen molar-refractivity contribution in [3.8, 4) is 5.75 Å². The van der Waals surface area contributed by atoms with E-state index in [4.69, 9.17) is 0 Å². The van der Waals surface area contributed by atoms with Crippen LogP contribution in [0.15, 0.2) is 30.3 Å². The second kappa shape index (κ2) is 8.32. The van der Waals surface area contributed by atoms with Gasteiger partial charge in [0, 0.05) is 6.07 Å². The number of halogens is 7. The molecule has 0 aliphatic rings. The molecule has 0 saturated carbocycles. The van der Waals surface area contributed by atoms with Crippen molar-refractivity contribution in [2.75, 3.05) is 7.11 Å². The third kappa shape index (κ3) is 3.57. The first-order chi connectivity index (χ1) is 14.1. The van der Waals surface area contributed by atoms with Gasteiger partial charge in [-0.15, -0.1) is 0 Å². The molecule has 3 rings (SSSR count). The van der Waals surface area contributed by atoms with E-state index in [1.165, 1.54) is 13.8 Å². The van der Waals surface area contributed by atoms with Crippen LogP contribution in [0.5, 0.6) is 5.75 Å². The molecule has 0 aromatic heterocycles. The first-order valence-corrected chi connectivity index (χ1v) is 10.4. The molecule has 0 atom stereocenters. The molecule has 3 aromatic rings. The molecule has 0 saturated heterocycles. The summed E-state index contributed by atoms with van der Waals surface area (Å²) >= 11 is -4.16. The molecule has 0 radical (unpaired) electrons. The fourth-order valence-corrected chi connectivity index (χ4v) is 6.67. The second-order valence-corrected chi connectivity index (χ2v) is 9.32. The molecule has 30 heavy (non-hydrogen) atoms. The number of rotatable bonds is 4. The molecule has 0 spiro atoms. The SMILES string of the molecule is COc1c(F)cc(F)[c]([Al]([c]2c(F)ccc(C)c2F)[c]2c(F)ccc(C)c2F)c1F. The molecule has 0 amide bonds. The summed E-state index contributed by atoms with van der Waals surface area (Å²) < 4.78 is 105. The average Bonchev–Trinajstić information content (AvgIpc) is 2.68. The van der Waals surface area contributed by atoms with Crippen molar-refractivity contribution in [3.63, 3.8) is 0 Å². The number of ether oxygens (including phenoxy) is 1. The van der Waals surface area contributed by atoms with Crippen LogP contribution >= 0.6 is 0 Å². The molecule has 1 nitrogen and oxygen atoms in total. The van der Waals surface area contributed by atoms with Crippen LogP contribution in [0.25, 0.3) is 0 Å². The smallest absolute Gasteiger partial charge is 0.412 e. The lowest BCUT2D eigenvalue weighted by Crippen LogP contribution is -2.59. The number of benzene rings is 3. The Morgan fingerprint density at radius 3 is 1.47 bits per heavy atom. The van der Waals surface area contributed by atoms with Gasteiger partial charge >= 0.3 is 14.1 Å². The van der Waals surface area contributed by atoms with Gasteiger partial charge in [0.2, 0.25) is 0 Å². The summed E-state index contributed by atoms with van der Waals surface area (Å²) in [6.45, 7) is 2.54. The summed E-state index contributed by atoms with van der Waals surface area (Å²) in [5.41, 5.74) is -0.181. The van der Waals surface area contributed by atoms with Crippen LogP contribution in [-0.4, -0.2) is 21.3 Å². The van der Waals surface area contributed by atoms with E-state index >= 15 is 4.39 Å². The zero-order chi connectivity index (χ0) is 22.3. The summed E-state index contributed by atoms with van der Waals surface area (Å²) in [6.07, 6.45) is 0. The molecule has 9 heteroatoms. The first kappa shape index (κ1) is 22.2. The maximum atomic E-state index is 15.1. The van der Waals surface area contributed by atoms with Crippen molar-refractivity contribution in [2.24, 2.45) is 0 Å². The molecule has 0 N–H and O–H groups in total. The van der Waals surface area contributed by atoms with Gasteiger partial charge in [0.15, 0.2) is 17.4 Å². The molecular weight excluding hydrogens is 428 g/mol. The third-order valence-electron chi connectivity index (χ3n) is 4.87. The Balaban J connectivity index is 2.53. The Hall–Kier alpha value is -2.50. The van der Waals surface area contributed by atoms with Crippen molar-refractivity contribution in [1.82, 2.24) is 0 Å². The van der Waals surface area contributed by atoms with Crippen molar-refractivity contribution in [1.29, 1.82) is 0 Å². The van der Waals surface area contributed by atoms with Gasteiger partial charge in [0.25, 0.3) is 0 Å². The summed E-state index contributed by atoms with van der Waals surface area (Å²) in [6, 6.07) is 4.11. The standard InChI is InChI=1S/C7H4F3O.2C7H5F2.Al/c1-11-7-5(9)2-4(8)3-6(7)10;2*1-5-2-3-6(8)4-7(5)9;/h2H,1H3;2*2-3H,1H3;. The normalized spacial score (nSPS) is 11.0. The van der Waals surface area contributed by atoms with E-state index in [2.05, 4.69) is 4.74 Å². The lowest BCUT2D eigenvalue weighted by Gasteiger charge is -2.20. The van der Waals surface area contributed by atoms with Gasteiger partial charge in [0.1, 0.15) is 29.1 Å². The zero-order valence-corrected chi connectivity index (χ0v) is 17.2. The van der Waals surface area contributed by atoms with Crippen LogP contribution in [-0.2, 0) is 0 Å². The zero-order valence-electron chi connectivity index (χ0n) is 16.0. The summed E-state index contributed by atoms with van der Waals surface area (Å²) in [4.78, 5) is 0. The molecule has 3 aromatic carbocycles. The minimum atomic E-state index is -4.16. The van der Waals surface area contributed by atoms with Gasteiger partial charge in [0.05, 0.1) is 7.11 Å². The summed E-state index contributed by atoms with van der Waals surface area (Å²) in [5.74, 6) is -10.4. The monoisotopic (exact) mass is 442 g/mol. The Morgan fingerprint density at radius 2 is 1.03 bits per heavy atom. The molecule has 0 heterocycles. The van der Waals surface area contributed by atoms with Crippen LogP contribution in [0.3, 0.4) is 0 Å². The molecule has 156 valence electrons. The Kier molecular flexibility index (Phi) is 6.16. The van der Waals surface area contributed by atoms with Gasteiger partial charge in [-0.25, -0.2) is 30.7 Å². The average molecular weight is 442 g/mol. The predicted octanol–water partition coefficient (Wildman–Crippen LogP) is 3.80. The van der Waals surface area contributed by atoms with Crippen LogP contribution in [0.2, 0.25) is 0 Å². The van der Waals surface area contributed by atoms with Gasteiger partial charge in [-0.1, -0.05) is 12.1 Å². The van der Waals surface area contributed by atoms with E-state index in [0.29, 0.717) is 0 Å². The Labute approximate surface area is 172 Å². The number of methoxy groups -OCH3 is 1. The van der Waals surface area contributed by atoms with E-state index in [0.717, 1.165) is 31.4 Å². The first-order valence-electron chi connectivity index (χ1n) is 8.70. The number of hydrogen-bond acceptors (Lipinski definition) is 1. The summed E-state index contributed by atoms with van der Waals surface area (Å²) in [7, 11) is 0.904.